The summed E-state index contributed by atoms with van der Waals surface area (Å²) in [6, 6.07) is 7.92. The molecule has 5 nitrogen and oxygen atoms in total. The molecule has 1 aromatic rings. The van der Waals surface area contributed by atoms with E-state index in [1.54, 1.807) is 4.90 Å². The number of amides is 1. The molecular formula is C19H28N2O3S. The number of benzene rings is 1. The average molecular weight is 365 g/mol. The van der Waals surface area contributed by atoms with Crippen molar-refractivity contribution in [1.82, 2.24) is 4.31 Å². The van der Waals surface area contributed by atoms with Crippen LogP contribution in [0.15, 0.2) is 24.3 Å². The Labute approximate surface area is 151 Å². The molecule has 2 aliphatic rings. The number of carbonyl (C=O) groups excluding carboxylic acids is 1. The van der Waals surface area contributed by atoms with Crippen molar-refractivity contribution in [2.75, 3.05) is 17.7 Å². The van der Waals surface area contributed by atoms with Crippen LogP contribution >= 0.6 is 0 Å². The number of rotatable bonds is 4. The van der Waals surface area contributed by atoms with Gasteiger partial charge in [-0.3, -0.25) is 4.79 Å². The molecule has 1 atom stereocenters. The van der Waals surface area contributed by atoms with Crippen LogP contribution in [0.5, 0.6) is 0 Å². The van der Waals surface area contributed by atoms with Crippen molar-refractivity contribution in [3.05, 3.63) is 29.8 Å². The van der Waals surface area contributed by atoms with Gasteiger partial charge in [0.05, 0.1) is 12.8 Å². The largest absolute Gasteiger partial charge is 0.308 e. The monoisotopic (exact) mass is 364 g/mol. The Hall–Kier alpha value is -1.40. The fourth-order valence-electron chi connectivity index (χ4n) is 4.22. The predicted molar refractivity (Wildman–Crippen MR) is 100 cm³/mol. The Kier molecular flexibility index (Phi) is 5.49. The number of nitrogens with zero attached hydrogens (tertiary/aromatic N) is 2. The van der Waals surface area contributed by atoms with Gasteiger partial charge in [-0.05, 0) is 37.8 Å². The number of hydrogen-bond donors (Lipinski definition) is 0. The van der Waals surface area contributed by atoms with Crippen molar-refractivity contribution >= 4 is 21.6 Å². The van der Waals surface area contributed by atoms with Crippen LogP contribution in [0.3, 0.4) is 0 Å². The van der Waals surface area contributed by atoms with Crippen LogP contribution in [-0.2, 0) is 21.2 Å². The highest BCUT2D eigenvalue weighted by Crippen LogP contribution is 2.32. The quantitative estimate of drug-likeness (QED) is 0.772. The second-order valence-corrected chi connectivity index (χ2v) is 9.33. The summed E-state index contributed by atoms with van der Waals surface area (Å²) in [6.07, 6.45) is 8.13. The number of para-hydroxylation sites is 1. The Morgan fingerprint density at radius 3 is 2.44 bits per heavy atom. The van der Waals surface area contributed by atoms with Crippen molar-refractivity contribution in [2.24, 2.45) is 0 Å². The van der Waals surface area contributed by atoms with Crippen molar-refractivity contribution in [3.8, 4) is 0 Å². The standard InChI is InChI=1S/C19H28N2O3S/c1-15-13-16-9-7-8-12-18(16)21(15)19(22)14-20(25(2,23)24)17-10-5-3-4-6-11-17/h7-9,12,15,17H,3-6,10-11,13-14H2,1-2H3. The van der Waals surface area contributed by atoms with Gasteiger partial charge in [-0.2, -0.15) is 4.31 Å². The van der Waals surface area contributed by atoms with Gasteiger partial charge in [0.1, 0.15) is 0 Å². The first kappa shape index (κ1) is 18.4. The minimum absolute atomic E-state index is 0.0467. The van der Waals surface area contributed by atoms with Crippen LogP contribution in [0.2, 0.25) is 0 Å². The Balaban J connectivity index is 1.81. The molecule has 6 heteroatoms. The molecule has 1 heterocycles. The smallest absolute Gasteiger partial charge is 0.242 e. The highest BCUT2D eigenvalue weighted by atomic mass is 32.2. The van der Waals surface area contributed by atoms with Gasteiger partial charge in [0.25, 0.3) is 0 Å². The van der Waals surface area contributed by atoms with E-state index < -0.39 is 10.0 Å². The molecule has 1 fully saturated rings. The van der Waals surface area contributed by atoms with E-state index in [0.29, 0.717) is 0 Å². The third kappa shape index (κ3) is 4.06. The highest BCUT2D eigenvalue weighted by Gasteiger charge is 2.35. The summed E-state index contributed by atoms with van der Waals surface area (Å²) in [6.45, 7) is 1.97. The maximum atomic E-state index is 13.0. The van der Waals surface area contributed by atoms with E-state index in [2.05, 4.69) is 0 Å². The third-order valence-corrected chi connectivity index (χ3v) is 6.70. The fraction of sp³-hybridized carbons (Fsp3) is 0.632. The topological polar surface area (TPSA) is 57.7 Å². The molecule has 1 aromatic carbocycles. The molecule has 3 rings (SSSR count). The van der Waals surface area contributed by atoms with Crippen LogP contribution < -0.4 is 4.90 Å². The lowest BCUT2D eigenvalue weighted by molar-refractivity contribution is -0.119. The summed E-state index contributed by atoms with van der Waals surface area (Å²) in [7, 11) is -3.41. The van der Waals surface area contributed by atoms with E-state index in [9.17, 15) is 13.2 Å². The first-order chi connectivity index (χ1) is 11.9. The maximum absolute atomic E-state index is 13.0. The summed E-state index contributed by atoms with van der Waals surface area (Å²) >= 11 is 0. The zero-order chi connectivity index (χ0) is 18.0. The Bertz CT molecular complexity index is 724. The molecule has 1 aliphatic carbocycles. The van der Waals surface area contributed by atoms with E-state index in [1.807, 2.05) is 31.2 Å². The minimum Gasteiger partial charge on any atom is -0.308 e. The van der Waals surface area contributed by atoms with Gasteiger partial charge >= 0.3 is 0 Å². The van der Waals surface area contributed by atoms with Crippen molar-refractivity contribution < 1.29 is 13.2 Å². The lowest BCUT2D eigenvalue weighted by atomic mass is 10.1. The molecule has 25 heavy (non-hydrogen) atoms. The number of carbonyl (C=O) groups is 1. The first-order valence-electron chi connectivity index (χ1n) is 9.24. The van der Waals surface area contributed by atoms with Crippen LogP contribution in [-0.4, -0.2) is 43.5 Å². The van der Waals surface area contributed by atoms with Gasteiger partial charge in [-0.1, -0.05) is 43.9 Å². The highest BCUT2D eigenvalue weighted by molar-refractivity contribution is 7.88. The first-order valence-corrected chi connectivity index (χ1v) is 11.1. The average Bonchev–Trinajstić information content (AvgIpc) is 2.72. The second kappa shape index (κ2) is 7.46. The minimum atomic E-state index is -3.41. The van der Waals surface area contributed by atoms with E-state index in [0.717, 1.165) is 56.2 Å². The second-order valence-electron chi connectivity index (χ2n) is 7.40. The van der Waals surface area contributed by atoms with Crippen LogP contribution in [0.25, 0.3) is 0 Å². The lowest BCUT2D eigenvalue weighted by Gasteiger charge is -2.31. The van der Waals surface area contributed by atoms with Gasteiger partial charge in [0.2, 0.25) is 15.9 Å². The number of anilines is 1. The molecule has 0 bridgehead atoms. The molecular weight excluding hydrogens is 336 g/mol. The Morgan fingerprint density at radius 1 is 1.16 bits per heavy atom. The molecule has 1 saturated carbocycles. The van der Waals surface area contributed by atoms with Crippen LogP contribution in [0.1, 0.15) is 51.0 Å². The van der Waals surface area contributed by atoms with Crippen molar-refractivity contribution in [1.29, 1.82) is 0 Å². The van der Waals surface area contributed by atoms with Crippen LogP contribution in [0.4, 0.5) is 5.69 Å². The van der Waals surface area contributed by atoms with Gasteiger partial charge in [-0.25, -0.2) is 8.42 Å². The molecule has 138 valence electrons. The van der Waals surface area contributed by atoms with E-state index in [4.69, 9.17) is 0 Å². The van der Waals surface area contributed by atoms with Crippen molar-refractivity contribution in [3.63, 3.8) is 0 Å². The summed E-state index contributed by atoms with van der Waals surface area (Å²) in [5.74, 6) is -0.118. The van der Waals surface area contributed by atoms with E-state index in [-0.39, 0.29) is 24.5 Å². The maximum Gasteiger partial charge on any atom is 0.242 e. The van der Waals surface area contributed by atoms with E-state index >= 15 is 0 Å². The molecule has 1 amide bonds. The Morgan fingerprint density at radius 2 is 1.80 bits per heavy atom. The number of sulfonamides is 1. The predicted octanol–water partition coefficient (Wildman–Crippen LogP) is 2.95. The molecule has 1 aliphatic heterocycles. The molecule has 0 spiro atoms. The van der Waals surface area contributed by atoms with Gasteiger partial charge in [0, 0.05) is 17.8 Å². The normalized spacial score (nSPS) is 22.0. The van der Waals surface area contributed by atoms with Gasteiger partial charge < -0.3 is 4.90 Å². The summed E-state index contributed by atoms with van der Waals surface area (Å²) in [4.78, 5) is 14.8. The number of fused-ring (bicyclic) bond motifs is 1. The van der Waals surface area contributed by atoms with E-state index in [1.165, 1.54) is 10.6 Å². The summed E-state index contributed by atoms with van der Waals surface area (Å²) in [5, 5.41) is 0. The van der Waals surface area contributed by atoms with Gasteiger partial charge in [-0.15, -0.1) is 0 Å². The molecule has 0 radical (unpaired) electrons. The fourth-order valence-corrected chi connectivity index (χ4v) is 5.32. The summed E-state index contributed by atoms with van der Waals surface area (Å²) < 4.78 is 26.2. The molecule has 1 unspecified atom stereocenters. The SMILES string of the molecule is CC1Cc2ccccc2N1C(=O)CN(C1CCCCCC1)S(C)(=O)=O. The lowest BCUT2D eigenvalue weighted by Crippen LogP contribution is -2.48. The zero-order valence-electron chi connectivity index (χ0n) is 15.1. The molecule has 0 N–H and O–H groups in total. The summed E-state index contributed by atoms with van der Waals surface area (Å²) in [5.41, 5.74) is 2.08. The molecule has 0 aromatic heterocycles. The number of hydrogen-bond acceptors (Lipinski definition) is 3. The van der Waals surface area contributed by atoms with Crippen LogP contribution in [0, 0.1) is 0 Å². The third-order valence-electron chi connectivity index (χ3n) is 5.42. The molecule has 0 saturated heterocycles. The van der Waals surface area contributed by atoms with Gasteiger partial charge in [0.15, 0.2) is 0 Å². The zero-order valence-corrected chi connectivity index (χ0v) is 16.0. The van der Waals surface area contributed by atoms with Crippen molar-refractivity contribution in [2.45, 2.75) is 64.0 Å².